The highest BCUT2D eigenvalue weighted by atomic mass is 33.1. The number of methoxy groups -OCH3 is 1. The van der Waals surface area contributed by atoms with E-state index >= 15 is 0 Å². The number of fused-ring (bicyclic) bond motifs is 7. The zero-order valence-electron chi connectivity index (χ0n) is 43.6. The Morgan fingerprint density at radius 1 is 0.784 bits per heavy atom. The van der Waals surface area contributed by atoms with Crippen LogP contribution in [0.4, 0.5) is 0 Å². The topological polar surface area (TPSA) is 349 Å². The fourth-order valence-electron chi connectivity index (χ4n) is 9.27. The molecule has 410 valence electrons. The Kier molecular flexibility index (Phi) is 22.8. The van der Waals surface area contributed by atoms with Crippen molar-refractivity contribution in [2.24, 2.45) is 17.4 Å². The van der Waals surface area contributed by atoms with Gasteiger partial charge in [-0.2, -0.15) is 0 Å². The summed E-state index contributed by atoms with van der Waals surface area (Å²) in [4.78, 5) is 153. The molecule has 25 heteroatoms. The third kappa shape index (κ3) is 17.5. The molecule has 1 aromatic rings. The van der Waals surface area contributed by atoms with E-state index in [9.17, 15) is 52.7 Å². The number of primary amides is 2. The first-order valence-electron chi connectivity index (χ1n) is 25.0. The van der Waals surface area contributed by atoms with E-state index in [0.29, 0.717) is 31.4 Å². The van der Waals surface area contributed by atoms with Crippen molar-refractivity contribution < 1.29 is 57.5 Å². The van der Waals surface area contributed by atoms with E-state index in [0.717, 1.165) is 27.5 Å². The Bertz CT molecular complexity index is 2260. The van der Waals surface area contributed by atoms with Crippen molar-refractivity contribution in [1.29, 1.82) is 0 Å². The Hall–Kier alpha value is -6.11. The van der Waals surface area contributed by atoms with Crippen LogP contribution in [0.3, 0.4) is 0 Å². The van der Waals surface area contributed by atoms with Gasteiger partial charge in [-0.1, -0.05) is 48.8 Å². The molecule has 3 aliphatic heterocycles. The normalized spacial score (nSPS) is 26.4. The maximum absolute atomic E-state index is 14.7. The molecule has 0 saturated carbocycles. The van der Waals surface area contributed by atoms with Crippen molar-refractivity contribution in [3.05, 3.63) is 28.8 Å². The number of amides is 11. The zero-order valence-corrected chi connectivity index (χ0v) is 45.2. The van der Waals surface area contributed by atoms with Gasteiger partial charge in [0, 0.05) is 42.3 Å². The van der Waals surface area contributed by atoms with Gasteiger partial charge in [0.2, 0.25) is 65.0 Å². The molecule has 0 aromatic heterocycles. The summed E-state index contributed by atoms with van der Waals surface area (Å²) < 4.78 is 4.59. The Morgan fingerprint density at radius 3 is 2.08 bits per heavy atom. The summed E-state index contributed by atoms with van der Waals surface area (Å²) in [6.07, 6.45) is 0.0260. The summed E-state index contributed by atoms with van der Waals surface area (Å²) in [6.45, 7) is 12.3. The molecule has 2 bridgehead atoms. The minimum Gasteiger partial charge on any atom is -0.497 e. The maximum atomic E-state index is 14.7. The SMILES string of the molecule is CC[C@H](C)[C@@H]1NC(=O)[C@H]([C@H](C)c2c(C)cc(OC)cc2C)NC(=O)CC(C)(C)SSC[C@H]2NC(=O)[C@@H](CC(N)=O)NC(=O)[C@H](CCC(=O)NCCCC[C@@H](C(=O)NCC(N)=O)NC(=O)[C@@H]3CCCN3C2=O)NC1=O. The third-order valence-corrected chi connectivity index (χ3v) is 16.7. The van der Waals surface area contributed by atoms with E-state index in [1.165, 1.54) is 22.8 Å². The van der Waals surface area contributed by atoms with Gasteiger partial charge in [0.25, 0.3) is 0 Å². The second-order valence-corrected chi connectivity index (χ2v) is 22.9. The van der Waals surface area contributed by atoms with Gasteiger partial charge in [0.15, 0.2) is 0 Å². The number of aryl methyl sites for hydroxylation is 2. The number of carbonyl (C=O) groups excluding carboxylic acids is 11. The molecule has 0 aliphatic carbocycles. The van der Waals surface area contributed by atoms with Crippen LogP contribution in [0.25, 0.3) is 0 Å². The molecule has 9 atom stereocenters. The van der Waals surface area contributed by atoms with Crippen LogP contribution in [0.15, 0.2) is 12.1 Å². The van der Waals surface area contributed by atoms with Crippen LogP contribution in [0, 0.1) is 19.8 Å². The highest BCUT2D eigenvalue weighted by molar-refractivity contribution is 8.77. The molecule has 1 aromatic carbocycles. The van der Waals surface area contributed by atoms with E-state index in [1.807, 2.05) is 26.0 Å². The van der Waals surface area contributed by atoms with Gasteiger partial charge in [-0.05, 0) is 101 Å². The van der Waals surface area contributed by atoms with E-state index in [4.69, 9.17) is 16.2 Å². The van der Waals surface area contributed by atoms with Crippen LogP contribution in [0.1, 0.15) is 121 Å². The number of nitrogens with two attached hydrogens (primary N) is 2. The summed E-state index contributed by atoms with van der Waals surface area (Å²) >= 11 is 0. The number of hydrogen-bond acceptors (Lipinski definition) is 14. The largest absolute Gasteiger partial charge is 0.497 e. The van der Waals surface area contributed by atoms with Gasteiger partial charge < -0.3 is 63.6 Å². The first kappa shape index (κ1) is 60.4. The number of ether oxygens (including phenoxy) is 1. The summed E-state index contributed by atoms with van der Waals surface area (Å²) in [5, 5.41) is 21.5. The summed E-state index contributed by atoms with van der Waals surface area (Å²) in [5.74, 6) is -9.25. The number of hydrogen-bond donors (Lipinski definition) is 10. The lowest BCUT2D eigenvalue weighted by atomic mass is 9.85. The van der Waals surface area contributed by atoms with Crippen molar-refractivity contribution in [3.8, 4) is 5.75 Å². The van der Waals surface area contributed by atoms with Gasteiger partial charge in [0.05, 0.1) is 20.1 Å². The second kappa shape index (κ2) is 28.0. The quantitative estimate of drug-likeness (QED) is 0.132. The molecule has 74 heavy (non-hydrogen) atoms. The fourth-order valence-corrected chi connectivity index (χ4v) is 12.0. The molecular formula is C49H75N11O12S2. The standard InChI is InChI=1S/C49H75N11O12S2/c1-9-25(2)40-46(69)55-31-15-16-37(63)52-17-11-10-13-30(42(65)53-23-36(51)62)54-45(68)34-14-12-18-60(34)48(71)33(57-44(67)32(21-35(50)61)56-43(31)66)24-73-74-49(6,7)22-38(64)58-41(47(70)59-40)28(5)39-26(3)19-29(72-8)20-27(39)4/h19-20,25,28,30-34,40-41H,9-18,21-24H2,1-8H3,(H2,50,61)(H2,51,62)(H,52,63)(H,53,65)(H,54,68)(H,55,69)(H,56,66)(H,57,67)(H,58,64)(H,59,70)/t25-,28+,30-,31-,32+,33+,34-,40-,41-/m0/s1. The molecule has 11 amide bonds. The van der Waals surface area contributed by atoms with Crippen molar-refractivity contribution in [2.45, 2.75) is 166 Å². The molecule has 0 unspecified atom stereocenters. The predicted molar refractivity (Wildman–Crippen MR) is 278 cm³/mol. The van der Waals surface area contributed by atoms with Crippen LogP contribution in [0.2, 0.25) is 0 Å². The minimum absolute atomic E-state index is 0.0665. The number of rotatable bonds is 10. The molecule has 3 fully saturated rings. The van der Waals surface area contributed by atoms with E-state index in [-0.39, 0.29) is 50.9 Å². The fraction of sp³-hybridized carbons (Fsp3) is 0.653. The Balaban J connectivity index is 1.86. The van der Waals surface area contributed by atoms with Crippen molar-refractivity contribution in [3.63, 3.8) is 0 Å². The zero-order chi connectivity index (χ0) is 55.0. The molecule has 0 spiro atoms. The van der Waals surface area contributed by atoms with Crippen molar-refractivity contribution in [2.75, 3.05) is 32.5 Å². The first-order valence-corrected chi connectivity index (χ1v) is 27.4. The van der Waals surface area contributed by atoms with Crippen LogP contribution in [-0.2, 0) is 52.7 Å². The molecule has 3 saturated heterocycles. The van der Waals surface area contributed by atoms with Gasteiger partial charge in [-0.3, -0.25) is 52.7 Å². The highest BCUT2D eigenvalue weighted by Crippen LogP contribution is 2.39. The summed E-state index contributed by atoms with van der Waals surface area (Å²) in [5.41, 5.74) is 13.2. The lowest BCUT2D eigenvalue weighted by molar-refractivity contribution is -0.142. The van der Waals surface area contributed by atoms with E-state index in [1.54, 1.807) is 34.6 Å². The van der Waals surface area contributed by atoms with Gasteiger partial charge >= 0.3 is 0 Å². The maximum Gasteiger partial charge on any atom is 0.246 e. The number of benzene rings is 1. The van der Waals surface area contributed by atoms with E-state index in [2.05, 4.69) is 42.5 Å². The average Bonchev–Trinajstić information content (AvgIpc) is 3.83. The lowest BCUT2D eigenvalue weighted by Crippen LogP contribution is -2.61. The van der Waals surface area contributed by atoms with Crippen LogP contribution >= 0.6 is 21.6 Å². The van der Waals surface area contributed by atoms with Crippen molar-refractivity contribution in [1.82, 2.24) is 47.4 Å². The molecule has 12 N–H and O–H groups in total. The third-order valence-electron chi connectivity index (χ3n) is 13.4. The second-order valence-electron chi connectivity index (χ2n) is 19.9. The number of nitrogens with one attached hydrogen (secondary N) is 8. The molecule has 0 radical (unpaired) electrons. The summed E-state index contributed by atoms with van der Waals surface area (Å²) in [7, 11) is 3.88. The molecule has 3 aliphatic rings. The lowest BCUT2D eigenvalue weighted by Gasteiger charge is -2.33. The number of carbonyl (C=O) groups is 11. The smallest absolute Gasteiger partial charge is 0.246 e. The Morgan fingerprint density at radius 2 is 1.45 bits per heavy atom. The first-order chi connectivity index (χ1) is 34.9. The molecule has 23 nitrogen and oxygen atoms in total. The summed E-state index contributed by atoms with van der Waals surface area (Å²) in [6, 6.07) is -5.86. The average molecular weight is 1070 g/mol. The van der Waals surface area contributed by atoms with Gasteiger partial charge in [-0.25, -0.2) is 0 Å². The highest BCUT2D eigenvalue weighted by Gasteiger charge is 2.42. The van der Waals surface area contributed by atoms with Crippen LogP contribution < -0.4 is 58.7 Å². The molecular weight excluding hydrogens is 999 g/mol. The minimum atomic E-state index is -1.71. The Labute approximate surface area is 439 Å². The van der Waals surface area contributed by atoms with Gasteiger partial charge in [-0.15, -0.1) is 0 Å². The van der Waals surface area contributed by atoms with Crippen LogP contribution in [-0.4, -0.2) is 149 Å². The van der Waals surface area contributed by atoms with Gasteiger partial charge in [0.1, 0.15) is 48.0 Å². The monoisotopic (exact) mass is 1070 g/mol. The number of nitrogens with zero attached hydrogens (tertiary/aromatic N) is 1. The van der Waals surface area contributed by atoms with Crippen molar-refractivity contribution >= 4 is 86.6 Å². The molecule has 4 rings (SSSR count). The molecule has 3 heterocycles. The predicted octanol–water partition coefficient (Wildman–Crippen LogP) is -0.518. The van der Waals surface area contributed by atoms with E-state index < -0.39 is 137 Å². The van der Waals surface area contributed by atoms with Crippen LogP contribution in [0.5, 0.6) is 5.75 Å².